The second kappa shape index (κ2) is 10.3. The first kappa shape index (κ1) is 24.5. The van der Waals surface area contributed by atoms with Gasteiger partial charge >= 0.3 is 0 Å². The summed E-state index contributed by atoms with van der Waals surface area (Å²) in [5.74, 6) is 0.848. The number of aryl methyl sites for hydroxylation is 4. The van der Waals surface area contributed by atoms with E-state index < -0.39 is 11.8 Å². The van der Waals surface area contributed by atoms with Crippen molar-refractivity contribution in [2.75, 3.05) is 0 Å². The van der Waals surface area contributed by atoms with E-state index in [1.54, 1.807) is 12.4 Å². The number of aromatic nitrogens is 6. The van der Waals surface area contributed by atoms with Crippen molar-refractivity contribution in [1.29, 1.82) is 0 Å². The molecule has 0 aliphatic carbocycles. The van der Waals surface area contributed by atoms with E-state index in [4.69, 9.17) is 0 Å². The molecule has 2 atom stereocenters. The van der Waals surface area contributed by atoms with Crippen LogP contribution in [0.25, 0.3) is 0 Å². The Labute approximate surface area is 216 Å². The van der Waals surface area contributed by atoms with Gasteiger partial charge in [-0.15, -0.1) is 0 Å². The number of carbonyl (C=O) groups excluding carboxylic acids is 1. The fourth-order valence-corrected chi connectivity index (χ4v) is 4.65. The number of pyridine rings is 2. The maximum atomic E-state index is 14.3. The molecule has 4 rings (SSSR count). The molecule has 0 aromatic carbocycles. The number of Topliss-reactive ketones (excluding diaryl/α,β-unsaturated/α-hetero) is 1. The summed E-state index contributed by atoms with van der Waals surface area (Å²) in [6.07, 6.45) is 7.42. The van der Waals surface area contributed by atoms with Crippen LogP contribution in [0, 0.1) is 27.7 Å². The molecule has 2 unspecified atom stereocenters. The molecule has 0 bridgehead atoms. The minimum Gasteiger partial charge on any atom is -0.334 e. The zero-order chi connectivity index (χ0) is 24.4. The van der Waals surface area contributed by atoms with E-state index in [1.165, 1.54) is 0 Å². The lowest BCUT2D eigenvalue weighted by Gasteiger charge is -2.24. The Hall–Kier alpha value is -2.65. The summed E-state index contributed by atoms with van der Waals surface area (Å²) in [4.78, 5) is 32.5. The van der Waals surface area contributed by atoms with Crippen molar-refractivity contribution in [3.63, 3.8) is 0 Å². The molecule has 0 spiro atoms. The lowest BCUT2D eigenvalue weighted by Crippen LogP contribution is -2.29. The van der Waals surface area contributed by atoms with Crippen molar-refractivity contribution in [3.8, 4) is 0 Å². The molecule has 0 aliphatic heterocycles. The van der Waals surface area contributed by atoms with Gasteiger partial charge in [0.25, 0.3) is 0 Å². The Morgan fingerprint density at radius 2 is 1.18 bits per heavy atom. The average Bonchev–Trinajstić information content (AvgIpc) is 3.29. The van der Waals surface area contributed by atoms with Crippen molar-refractivity contribution in [2.45, 2.75) is 52.6 Å². The fourth-order valence-electron chi connectivity index (χ4n) is 4.19. The van der Waals surface area contributed by atoms with Crippen LogP contribution in [0.2, 0.25) is 0 Å². The number of hydrogen-bond donors (Lipinski definition) is 0. The molecule has 4 aromatic heterocycles. The molecule has 0 saturated carbocycles. The summed E-state index contributed by atoms with van der Waals surface area (Å²) in [6.45, 7) is 8.72. The van der Waals surface area contributed by atoms with Gasteiger partial charge in [0.05, 0.1) is 34.6 Å². The molecule has 0 N–H and O–H groups in total. The molecule has 9 heteroatoms. The molecule has 0 radical (unpaired) electrons. The van der Waals surface area contributed by atoms with Gasteiger partial charge in [-0.1, -0.05) is 0 Å². The summed E-state index contributed by atoms with van der Waals surface area (Å²) < 4.78 is 5.79. The summed E-state index contributed by atoms with van der Waals surface area (Å²) in [5, 5.41) is 0. The maximum Gasteiger partial charge on any atom is 0.154 e. The lowest BCUT2D eigenvalue weighted by molar-refractivity contribution is -0.122. The van der Waals surface area contributed by atoms with Crippen molar-refractivity contribution in [2.24, 2.45) is 0 Å². The average molecular weight is 586 g/mol. The highest BCUT2D eigenvalue weighted by Crippen LogP contribution is 2.30. The van der Waals surface area contributed by atoms with Crippen molar-refractivity contribution >= 4 is 37.6 Å². The first-order chi connectivity index (χ1) is 16.2. The van der Waals surface area contributed by atoms with E-state index in [9.17, 15) is 4.79 Å². The molecule has 0 amide bonds. The van der Waals surface area contributed by atoms with E-state index in [0.29, 0.717) is 13.1 Å². The van der Waals surface area contributed by atoms with Gasteiger partial charge < -0.3 is 9.13 Å². The van der Waals surface area contributed by atoms with Gasteiger partial charge in [0, 0.05) is 46.8 Å². The monoisotopic (exact) mass is 584 g/mol. The summed E-state index contributed by atoms with van der Waals surface area (Å²) >= 11 is 6.91. The number of imidazole rings is 2. The number of nitrogens with zero attached hydrogens (tertiary/aromatic N) is 6. The topological polar surface area (TPSA) is 78.5 Å². The van der Waals surface area contributed by atoms with Gasteiger partial charge in [-0.2, -0.15) is 0 Å². The fraction of sp³-hybridized carbons (Fsp3) is 0.320. The molecule has 0 saturated heterocycles. The molecule has 34 heavy (non-hydrogen) atoms. The van der Waals surface area contributed by atoms with Crippen LogP contribution in [0.5, 0.6) is 0 Å². The quantitative estimate of drug-likeness (QED) is 0.274. The predicted octanol–water partition coefficient (Wildman–Crippen LogP) is 5.47. The Balaban J connectivity index is 1.77. The number of ketones is 1. The number of carbonyl (C=O) groups is 1. The molecular weight excluding hydrogens is 560 g/mol. The molecule has 4 aromatic rings. The smallest absolute Gasteiger partial charge is 0.154 e. The highest BCUT2D eigenvalue weighted by Gasteiger charge is 2.32. The highest BCUT2D eigenvalue weighted by molar-refractivity contribution is 9.10. The SMILES string of the molecule is Cc1cn(CC(C(=O)C(Cn2cc(C)nc2C)c2ccc(Br)cn2)c2ccc(Br)cn2)c(C)n1. The first-order valence-corrected chi connectivity index (χ1v) is 12.6. The zero-order valence-electron chi connectivity index (χ0n) is 19.5. The molecule has 0 fully saturated rings. The summed E-state index contributed by atoms with van der Waals surface area (Å²) in [6, 6.07) is 7.66. The van der Waals surface area contributed by atoms with Gasteiger partial charge in [-0.3, -0.25) is 14.8 Å². The third-order valence-electron chi connectivity index (χ3n) is 5.85. The van der Waals surface area contributed by atoms with Gasteiger partial charge in [-0.05, 0) is 83.8 Å². The second-order valence-electron chi connectivity index (χ2n) is 8.47. The molecule has 7 nitrogen and oxygen atoms in total. The van der Waals surface area contributed by atoms with Gasteiger partial charge in [-0.25, -0.2) is 9.97 Å². The highest BCUT2D eigenvalue weighted by atomic mass is 79.9. The van der Waals surface area contributed by atoms with Gasteiger partial charge in [0.1, 0.15) is 11.6 Å². The Bertz CT molecular complexity index is 1190. The van der Waals surface area contributed by atoms with Gasteiger partial charge in [0.15, 0.2) is 5.78 Å². The largest absolute Gasteiger partial charge is 0.334 e. The van der Waals surface area contributed by atoms with Crippen LogP contribution in [0.3, 0.4) is 0 Å². The Morgan fingerprint density at radius 3 is 1.47 bits per heavy atom. The van der Waals surface area contributed by atoms with Crippen LogP contribution in [0.1, 0.15) is 46.3 Å². The number of hydrogen-bond acceptors (Lipinski definition) is 5. The van der Waals surface area contributed by atoms with Crippen LogP contribution in [0.15, 0.2) is 58.0 Å². The minimum absolute atomic E-state index is 0.0566. The third kappa shape index (κ3) is 5.52. The van der Waals surface area contributed by atoms with Crippen LogP contribution >= 0.6 is 31.9 Å². The molecule has 4 heterocycles. The zero-order valence-corrected chi connectivity index (χ0v) is 22.7. The third-order valence-corrected chi connectivity index (χ3v) is 6.79. The minimum atomic E-state index is -0.472. The molecule has 176 valence electrons. The molecule has 0 aliphatic rings. The van der Waals surface area contributed by atoms with E-state index in [2.05, 4.69) is 51.8 Å². The number of halogens is 2. The molecular formula is C25H26Br2N6O. The second-order valence-corrected chi connectivity index (χ2v) is 10.3. The van der Waals surface area contributed by atoms with E-state index in [1.807, 2.05) is 73.5 Å². The first-order valence-electron chi connectivity index (χ1n) is 11.0. The van der Waals surface area contributed by atoms with Gasteiger partial charge in [0.2, 0.25) is 0 Å². The summed E-state index contributed by atoms with van der Waals surface area (Å²) in [7, 11) is 0. The normalized spacial score (nSPS) is 13.1. The van der Waals surface area contributed by atoms with E-state index in [-0.39, 0.29) is 5.78 Å². The Morgan fingerprint density at radius 1 is 0.765 bits per heavy atom. The van der Waals surface area contributed by atoms with Crippen LogP contribution < -0.4 is 0 Å². The maximum absolute atomic E-state index is 14.3. The van der Waals surface area contributed by atoms with E-state index in [0.717, 1.165) is 43.4 Å². The lowest BCUT2D eigenvalue weighted by atomic mass is 9.87. The van der Waals surface area contributed by atoms with Crippen molar-refractivity contribution < 1.29 is 4.79 Å². The van der Waals surface area contributed by atoms with Crippen molar-refractivity contribution in [1.82, 2.24) is 29.1 Å². The number of rotatable bonds is 8. The predicted molar refractivity (Wildman–Crippen MR) is 138 cm³/mol. The van der Waals surface area contributed by atoms with Crippen LogP contribution in [-0.2, 0) is 17.9 Å². The van der Waals surface area contributed by atoms with E-state index >= 15 is 0 Å². The van der Waals surface area contributed by atoms with Crippen LogP contribution in [-0.4, -0.2) is 34.9 Å². The standard InChI is InChI=1S/C25H26Br2N6O/c1-15-11-32(17(3)30-15)13-21(23-7-5-19(26)9-28-23)25(34)22(24-8-6-20(27)10-29-24)14-33-12-16(2)31-18(33)4/h5-12,21-22H,13-14H2,1-4H3. The summed E-state index contributed by atoms with van der Waals surface area (Å²) in [5.41, 5.74) is 3.28. The van der Waals surface area contributed by atoms with Crippen LogP contribution in [0.4, 0.5) is 0 Å². The Kier molecular flexibility index (Phi) is 7.42. The van der Waals surface area contributed by atoms with Crippen molar-refractivity contribution in [3.05, 3.63) is 92.4 Å².